The van der Waals surface area contributed by atoms with E-state index in [1.54, 1.807) is 0 Å². The van der Waals surface area contributed by atoms with E-state index >= 15 is 0 Å². The summed E-state index contributed by atoms with van der Waals surface area (Å²) >= 11 is 0. The Morgan fingerprint density at radius 1 is 0.266 bits per heavy atom. The molecule has 9 rings (SSSR count). The molecular weight excluding hydrogens is 1240 g/mol. The summed E-state index contributed by atoms with van der Waals surface area (Å²) in [7, 11) is 0. The summed E-state index contributed by atoms with van der Waals surface area (Å²) in [5.74, 6) is -10.3. The van der Waals surface area contributed by atoms with Crippen LogP contribution in [0.2, 0.25) is 0 Å². The molecule has 0 bridgehead atoms. The van der Waals surface area contributed by atoms with Crippen LogP contribution in [0.1, 0.15) is 146 Å². The van der Waals surface area contributed by atoms with Crippen LogP contribution in [0.15, 0.2) is 109 Å². The summed E-state index contributed by atoms with van der Waals surface area (Å²) in [4.78, 5) is 140. The molecule has 27 heteroatoms. The monoisotopic (exact) mass is 1300 g/mol. The number of carbonyl (C=O) groups is 11. The summed E-state index contributed by atoms with van der Waals surface area (Å²) in [5.41, 5.74) is 0.697. The minimum atomic E-state index is -1.70. The zero-order chi connectivity index (χ0) is 68.0. The molecule has 0 fully saturated rings. The Balaban J connectivity index is 1.35. The van der Waals surface area contributed by atoms with Gasteiger partial charge in [-0.2, -0.15) is 0 Å². The lowest BCUT2D eigenvalue weighted by molar-refractivity contribution is -0.232. The number of hydrogen-bond acceptors (Lipinski definition) is 27. The minimum Gasteiger partial charge on any atom is -0.482 e. The van der Waals surface area contributed by atoms with Crippen LogP contribution >= 0.6 is 0 Å². The fourth-order valence-electron chi connectivity index (χ4n) is 10.7. The van der Waals surface area contributed by atoms with E-state index in [4.69, 9.17) is 75.8 Å². The Labute approximate surface area is 535 Å². The van der Waals surface area contributed by atoms with Crippen LogP contribution in [0.3, 0.4) is 0 Å². The molecule has 0 aromatic heterocycles. The summed E-state index contributed by atoms with van der Waals surface area (Å²) < 4.78 is 97.7. The molecular formula is C67H60O27. The minimum absolute atomic E-state index is 0.00291. The van der Waals surface area contributed by atoms with Gasteiger partial charge in [0.15, 0.2) is 65.0 Å². The van der Waals surface area contributed by atoms with Crippen molar-refractivity contribution >= 4 is 65.7 Å². The van der Waals surface area contributed by atoms with E-state index in [2.05, 4.69) is 0 Å². The molecule has 0 amide bonds. The molecule has 490 valence electrons. The lowest BCUT2D eigenvalue weighted by Crippen LogP contribution is -2.47. The average molecular weight is 1300 g/mol. The molecule has 0 radical (unpaired) electrons. The number of carbonyl (C=O) groups excluding carboxylic acids is 11. The van der Waals surface area contributed by atoms with Gasteiger partial charge < -0.3 is 75.8 Å². The number of ether oxygens (including phenoxy) is 16. The topological polar surface area (TPSA) is 335 Å². The quantitative estimate of drug-likeness (QED) is 0.0571. The highest BCUT2D eigenvalue weighted by molar-refractivity contribution is 5.77. The van der Waals surface area contributed by atoms with Crippen LogP contribution < -0.4 is 56.8 Å². The van der Waals surface area contributed by atoms with Crippen molar-refractivity contribution in [3.05, 3.63) is 143 Å². The van der Waals surface area contributed by atoms with Crippen LogP contribution in [-0.4, -0.2) is 84.0 Å². The van der Waals surface area contributed by atoms with Gasteiger partial charge in [-0.25, -0.2) is 0 Å². The Kier molecular flexibility index (Phi) is 20.4. The molecule has 0 aliphatic carbocycles. The molecule has 3 aliphatic rings. The SMILES string of the molecule is CC(=O)Oc1ccc2c(c1)OC(c1ccc(OC(C)=O)c(OC(C)=O)c1)C(OC(C)=O)C2OC1C(c2ccc(OC(C)=O)c(OC(C)=O)c2)Oc2cc(OC(C)=O)ccc2C1OC1C(c2ccc(OC(C)=O)c(OC(C)=O)c2)Oc2cc(OC(C)=O)ccc2C1OC(C)=O. The lowest BCUT2D eigenvalue weighted by atomic mass is 9.87. The molecule has 6 aromatic rings. The van der Waals surface area contributed by atoms with Crippen LogP contribution in [-0.2, 0) is 71.7 Å². The summed E-state index contributed by atoms with van der Waals surface area (Å²) in [6.45, 7) is 12.4. The number of rotatable bonds is 18. The number of benzene rings is 6. The fraction of sp³-hybridized carbons (Fsp3) is 0.299. The zero-order valence-electron chi connectivity index (χ0n) is 52.1. The molecule has 0 saturated heterocycles. The van der Waals surface area contributed by atoms with Crippen molar-refractivity contribution in [1.82, 2.24) is 0 Å². The van der Waals surface area contributed by atoms with Gasteiger partial charge in [0.25, 0.3) is 0 Å². The third-order valence-electron chi connectivity index (χ3n) is 13.8. The second-order valence-electron chi connectivity index (χ2n) is 21.3. The van der Waals surface area contributed by atoms with Gasteiger partial charge in [0, 0.05) is 117 Å². The molecule has 6 aromatic carbocycles. The highest BCUT2D eigenvalue weighted by atomic mass is 16.6. The number of fused-ring (bicyclic) bond motifs is 3. The molecule has 3 heterocycles. The van der Waals surface area contributed by atoms with Crippen molar-refractivity contribution in [3.8, 4) is 69.0 Å². The van der Waals surface area contributed by atoms with E-state index in [1.165, 1.54) is 123 Å². The maximum atomic E-state index is 13.7. The Hall–Kier alpha value is -11.2. The summed E-state index contributed by atoms with van der Waals surface area (Å²) in [6, 6.07) is 24.8. The van der Waals surface area contributed by atoms with Gasteiger partial charge in [0.05, 0.1) is 0 Å². The van der Waals surface area contributed by atoms with Crippen molar-refractivity contribution in [2.24, 2.45) is 0 Å². The molecule has 9 atom stereocenters. The van der Waals surface area contributed by atoms with Crippen LogP contribution in [0.25, 0.3) is 0 Å². The summed E-state index contributed by atoms with van der Waals surface area (Å²) in [6.07, 6.45) is -14.3. The second-order valence-corrected chi connectivity index (χ2v) is 21.3. The maximum Gasteiger partial charge on any atom is 0.308 e. The molecule has 27 nitrogen and oxygen atoms in total. The second kappa shape index (κ2) is 28.5. The van der Waals surface area contributed by atoms with Gasteiger partial charge in [-0.3, -0.25) is 52.7 Å². The Bertz CT molecular complexity index is 4050. The predicted molar refractivity (Wildman–Crippen MR) is 316 cm³/mol. The molecule has 0 spiro atoms. The number of esters is 11. The zero-order valence-corrected chi connectivity index (χ0v) is 52.1. The third kappa shape index (κ3) is 16.1. The van der Waals surface area contributed by atoms with Gasteiger partial charge in [-0.15, -0.1) is 0 Å². The van der Waals surface area contributed by atoms with E-state index < -0.39 is 121 Å². The van der Waals surface area contributed by atoms with E-state index in [1.807, 2.05) is 0 Å². The molecule has 0 saturated carbocycles. The molecule has 9 unspecified atom stereocenters. The summed E-state index contributed by atoms with van der Waals surface area (Å²) in [5, 5.41) is 0. The largest absolute Gasteiger partial charge is 0.482 e. The fourth-order valence-corrected chi connectivity index (χ4v) is 10.7. The third-order valence-corrected chi connectivity index (χ3v) is 13.8. The Morgan fingerprint density at radius 2 is 0.532 bits per heavy atom. The standard InChI is InChI=1S/C67H60O27/c1-30(68)79-44-15-18-47-53(27-44)91-60(42-13-22-51(83-34(5)72)57(25-42)86-37(8)75)66(62(47)88-39(10)77)94-64-49-20-17-46(81-32(3)70)29-55(49)92-61(43-14-23-52(84-35(6)73)58(26-43)87-38(9)76)67(64)93-63-48-19-16-45(80-31(2)69)28-54(48)90-59(65(63)89-40(11)78)41-12-21-50(82-33(4)71)56(24-41)85-36(7)74/h12-29,59-67H,1-11H3. The van der Waals surface area contributed by atoms with Crippen LogP contribution in [0.4, 0.5) is 0 Å². The first kappa shape index (κ1) is 67.2. The van der Waals surface area contributed by atoms with Crippen molar-refractivity contribution in [3.63, 3.8) is 0 Å². The van der Waals surface area contributed by atoms with E-state index in [9.17, 15) is 52.7 Å². The van der Waals surface area contributed by atoms with Gasteiger partial charge in [0.1, 0.15) is 58.9 Å². The van der Waals surface area contributed by atoms with E-state index in [0.29, 0.717) is 0 Å². The van der Waals surface area contributed by atoms with E-state index in [0.717, 1.165) is 62.3 Å². The van der Waals surface area contributed by atoms with Crippen molar-refractivity contribution in [1.29, 1.82) is 0 Å². The first-order chi connectivity index (χ1) is 44.6. The average Bonchev–Trinajstić information content (AvgIpc) is 0.746. The highest BCUT2D eigenvalue weighted by Gasteiger charge is 2.53. The van der Waals surface area contributed by atoms with Gasteiger partial charge in [-0.1, -0.05) is 18.2 Å². The van der Waals surface area contributed by atoms with Crippen LogP contribution in [0.5, 0.6) is 69.0 Å². The van der Waals surface area contributed by atoms with Crippen molar-refractivity contribution < 1.29 is 129 Å². The first-order valence-electron chi connectivity index (χ1n) is 28.7. The normalized spacial score (nSPS) is 19.7. The van der Waals surface area contributed by atoms with Gasteiger partial charge in [-0.05, 0) is 83.9 Å². The van der Waals surface area contributed by atoms with Gasteiger partial charge in [0.2, 0.25) is 0 Å². The molecule has 94 heavy (non-hydrogen) atoms. The van der Waals surface area contributed by atoms with Gasteiger partial charge >= 0.3 is 65.7 Å². The maximum absolute atomic E-state index is 13.7. The molecule has 3 aliphatic heterocycles. The Morgan fingerprint density at radius 3 is 0.830 bits per heavy atom. The van der Waals surface area contributed by atoms with Crippen molar-refractivity contribution in [2.75, 3.05) is 0 Å². The van der Waals surface area contributed by atoms with Crippen molar-refractivity contribution in [2.45, 2.75) is 131 Å². The predicted octanol–water partition coefficient (Wildman–Crippen LogP) is 9.20. The lowest BCUT2D eigenvalue weighted by Gasteiger charge is -2.47. The molecule has 0 N–H and O–H groups in total. The first-order valence-corrected chi connectivity index (χ1v) is 28.7. The van der Waals surface area contributed by atoms with E-state index in [-0.39, 0.29) is 102 Å². The van der Waals surface area contributed by atoms with Crippen LogP contribution in [0, 0.1) is 0 Å². The smallest absolute Gasteiger partial charge is 0.308 e. The number of hydrogen-bond donors (Lipinski definition) is 0. The highest BCUT2D eigenvalue weighted by Crippen LogP contribution is 2.56.